The predicted octanol–water partition coefficient (Wildman–Crippen LogP) is 0.678. The van der Waals surface area contributed by atoms with Crippen molar-refractivity contribution in [2.45, 2.75) is 31.5 Å². The highest BCUT2D eigenvalue weighted by Gasteiger charge is 2.41. The number of benzene rings is 1. The number of carbonyl (C=O) groups excluding carboxylic acids is 1. The summed E-state index contributed by atoms with van der Waals surface area (Å²) in [6, 6.07) is 7.49. The van der Waals surface area contributed by atoms with E-state index in [1.54, 1.807) is 6.07 Å². The molecule has 2 aliphatic rings. The summed E-state index contributed by atoms with van der Waals surface area (Å²) in [6.45, 7) is 4.20. The van der Waals surface area contributed by atoms with E-state index in [1.165, 1.54) is 0 Å². The SMILES string of the molecule is CC(CNC(=O)C1NNC2CCNCC21)Oc1ccccc1Cl. The highest BCUT2D eigenvalue weighted by molar-refractivity contribution is 6.32. The number of amides is 1. The molecule has 126 valence electrons. The molecule has 7 heteroatoms. The van der Waals surface area contributed by atoms with Gasteiger partial charge in [-0.25, -0.2) is 5.43 Å². The Morgan fingerprint density at radius 3 is 3.09 bits per heavy atom. The van der Waals surface area contributed by atoms with Crippen LogP contribution in [-0.2, 0) is 4.79 Å². The second-order valence-corrected chi connectivity index (χ2v) is 6.54. The van der Waals surface area contributed by atoms with Gasteiger partial charge in [0, 0.05) is 18.5 Å². The fraction of sp³-hybridized carbons (Fsp3) is 0.562. The van der Waals surface area contributed by atoms with Crippen LogP contribution in [0.1, 0.15) is 13.3 Å². The van der Waals surface area contributed by atoms with Gasteiger partial charge in [-0.05, 0) is 32.0 Å². The Hall–Kier alpha value is -1.34. The quantitative estimate of drug-likeness (QED) is 0.635. The molecule has 0 aromatic heterocycles. The van der Waals surface area contributed by atoms with Gasteiger partial charge in [-0.1, -0.05) is 23.7 Å². The van der Waals surface area contributed by atoms with E-state index in [1.807, 2.05) is 25.1 Å². The second-order valence-electron chi connectivity index (χ2n) is 6.13. The molecule has 3 rings (SSSR count). The van der Waals surface area contributed by atoms with Crippen LogP contribution in [0.5, 0.6) is 5.75 Å². The number of piperidine rings is 1. The van der Waals surface area contributed by atoms with Crippen molar-refractivity contribution in [1.82, 2.24) is 21.5 Å². The number of hydrazine groups is 1. The molecule has 2 fully saturated rings. The van der Waals surface area contributed by atoms with Gasteiger partial charge >= 0.3 is 0 Å². The van der Waals surface area contributed by atoms with E-state index < -0.39 is 0 Å². The molecule has 0 bridgehead atoms. The standard InChI is InChI=1S/C16H23ClN4O2/c1-10(23-14-5-3-2-4-12(14)17)8-19-16(22)15-11-9-18-7-6-13(11)20-21-15/h2-5,10-11,13,15,18,20-21H,6-9H2,1H3,(H,19,22). The largest absolute Gasteiger partial charge is 0.487 e. The zero-order chi connectivity index (χ0) is 16.2. The topological polar surface area (TPSA) is 74.4 Å². The lowest BCUT2D eigenvalue weighted by Gasteiger charge is -2.27. The summed E-state index contributed by atoms with van der Waals surface area (Å²) < 4.78 is 5.77. The van der Waals surface area contributed by atoms with Crippen LogP contribution >= 0.6 is 11.6 Å². The van der Waals surface area contributed by atoms with E-state index >= 15 is 0 Å². The third-order valence-corrected chi connectivity index (χ3v) is 4.70. The minimum atomic E-state index is -0.208. The first kappa shape index (κ1) is 16.5. The molecule has 0 spiro atoms. The molecule has 4 N–H and O–H groups in total. The third kappa shape index (κ3) is 3.95. The Kier molecular flexibility index (Phi) is 5.38. The first-order valence-electron chi connectivity index (χ1n) is 8.06. The summed E-state index contributed by atoms with van der Waals surface area (Å²) in [7, 11) is 0. The number of halogens is 1. The van der Waals surface area contributed by atoms with Crippen molar-refractivity contribution in [2.75, 3.05) is 19.6 Å². The number of hydrogen-bond acceptors (Lipinski definition) is 5. The monoisotopic (exact) mass is 338 g/mol. The van der Waals surface area contributed by atoms with Gasteiger partial charge in [-0.15, -0.1) is 0 Å². The summed E-state index contributed by atoms with van der Waals surface area (Å²) in [5, 5.41) is 6.88. The maximum Gasteiger partial charge on any atom is 0.239 e. The summed E-state index contributed by atoms with van der Waals surface area (Å²) in [5.74, 6) is 0.917. The van der Waals surface area contributed by atoms with Crippen LogP contribution in [0.15, 0.2) is 24.3 Å². The van der Waals surface area contributed by atoms with E-state index in [0.717, 1.165) is 19.5 Å². The first-order valence-corrected chi connectivity index (χ1v) is 8.43. The maximum absolute atomic E-state index is 12.4. The Bertz CT molecular complexity index is 557. The number of hydrogen-bond donors (Lipinski definition) is 4. The zero-order valence-corrected chi connectivity index (χ0v) is 13.9. The van der Waals surface area contributed by atoms with Crippen LogP contribution in [-0.4, -0.2) is 43.7 Å². The maximum atomic E-state index is 12.4. The smallest absolute Gasteiger partial charge is 0.239 e. The number of nitrogens with one attached hydrogen (secondary N) is 4. The molecule has 0 aliphatic carbocycles. The van der Waals surface area contributed by atoms with E-state index in [4.69, 9.17) is 16.3 Å². The molecule has 2 aliphatic heterocycles. The summed E-state index contributed by atoms with van der Waals surface area (Å²) in [6.07, 6.45) is 0.876. The van der Waals surface area contributed by atoms with Crippen molar-refractivity contribution in [1.29, 1.82) is 0 Å². The predicted molar refractivity (Wildman–Crippen MR) is 89.4 cm³/mol. The van der Waals surface area contributed by atoms with E-state index in [-0.39, 0.29) is 24.0 Å². The number of para-hydroxylation sites is 1. The number of carbonyl (C=O) groups is 1. The van der Waals surface area contributed by atoms with Gasteiger partial charge in [0.15, 0.2) is 0 Å². The zero-order valence-electron chi connectivity index (χ0n) is 13.1. The number of ether oxygens (including phenoxy) is 1. The molecule has 4 atom stereocenters. The highest BCUT2D eigenvalue weighted by atomic mass is 35.5. The van der Waals surface area contributed by atoms with Crippen molar-refractivity contribution >= 4 is 17.5 Å². The van der Waals surface area contributed by atoms with Crippen LogP contribution in [0.4, 0.5) is 0 Å². The van der Waals surface area contributed by atoms with Crippen molar-refractivity contribution in [3.8, 4) is 5.75 Å². The van der Waals surface area contributed by atoms with Gasteiger partial charge in [-0.3, -0.25) is 10.2 Å². The van der Waals surface area contributed by atoms with Gasteiger partial charge < -0.3 is 15.4 Å². The fourth-order valence-electron chi connectivity index (χ4n) is 3.13. The average molecular weight is 339 g/mol. The lowest BCUT2D eigenvalue weighted by molar-refractivity contribution is -0.124. The fourth-order valence-corrected chi connectivity index (χ4v) is 3.31. The molecule has 0 saturated carbocycles. The van der Waals surface area contributed by atoms with E-state index in [0.29, 0.717) is 23.4 Å². The summed E-state index contributed by atoms with van der Waals surface area (Å²) in [5.41, 5.74) is 6.34. The summed E-state index contributed by atoms with van der Waals surface area (Å²) >= 11 is 6.07. The minimum absolute atomic E-state index is 0.00306. The Balaban J connectivity index is 1.48. The van der Waals surface area contributed by atoms with Crippen molar-refractivity contribution in [3.63, 3.8) is 0 Å². The Labute approximate surface area is 141 Å². The van der Waals surface area contributed by atoms with Gasteiger partial charge in [0.2, 0.25) is 5.91 Å². The van der Waals surface area contributed by atoms with Gasteiger partial charge in [0.05, 0.1) is 11.6 Å². The molecule has 1 aromatic carbocycles. The molecular weight excluding hydrogens is 316 g/mol. The lowest BCUT2D eigenvalue weighted by Crippen LogP contribution is -2.50. The van der Waals surface area contributed by atoms with E-state index in [2.05, 4.69) is 21.5 Å². The summed E-state index contributed by atoms with van der Waals surface area (Å²) in [4.78, 5) is 12.4. The molecule has 2 saturated heterocycles. The van der Waals surface area contributed by atoms with Gasteiger partial charge in [-0.2, -0.15) is 0 Å². The molecule has 0 radical (unpaired) electrons. The number of fused-ring (bicyclic) bond motifs is 1. The highest BCUT2D eigenvalue weighted by Crippen LogP contribution is 2.24. The van der Waals surface area contributed by atoms with Crippen LogP contribution in [0.2, 0.25) is 5.02 Å². The van der Waals surface area contributed by atoms with Crippen LogP contribution in [0.3, 0.4) is 0 Å². The third-order valence-electron chi connectivity index (χ3n) is 4.39. The molecule has 6 nitrogen and oxygen atoms in total. The van der Waals surface area contributed by atoms with Gasteiger partial charge in [0.25, 0.3) is 0 Å². The number of rotatable bonds is 5. The van der Waals surface area contributed by atoms with Crippen molar-refractivity contribution < 1.29 is 9.53 Å². The minimum Gasteiger partial charge on any atom is -0.487 e. The normalized spacial score (nSPS) is 28.0. The second kappa shape index (κ2) is 7.49. The van der Waals surface area contributed by atoms with E-state index in [9.17, 15) is 4.79 Å². The van der Waals surface area contributed by atoms with Crippen LogP contribution < -0.4 is 26.2 Å². The molecule has 2 heterocycles. The Morgan fingerprint density at radius 1 is 1.43 bits per heavy atom. The molecule has 1 amide bonds. The lowest BCUT2D eigenvalue weighted by atomic mass is 9.89. The molecular formula is C16H23ClN4O2. The van der Waals surface area contributed by atoms with Crippen LogP contribution in [0, 0.1) is 5.92 Å². The van der Waals surface area contributed by atoms with Crippen LogP contribution in [0.25, 0.3) is 0 Å². The molecule has 23 heavy (non-hydrogen) atoms. The average Bonchev–Trinajstić information content (AvgIpc) is 2.99. The Morgan fingerprint density at radius 2 is 2.26 bits per heavy atom. The first-order chi connectivity index (χ1) is 11.1. The van der Waals surface area contributed by atoms with Crippen molar-refractivity contribution in [3.05, 3.63) is 29.3 Å². The van der Waals surface area contributed by atoms with Gasteiger partial charge in [0.1, 0.15) is 17.9 Å². The molecule has 1 aromatic rings. The van der Waals surface area contributed by atoms with Crippen molar-refractivity contribution in [2.24, 2.45) is 5.92 Å². The molecule has 4 unspecified atom stereocenters.